The van der Waals surface area contributed by atoms with Crippen LogP contribution in [0.4, 0.5) is 4.39 Å². The van der Waals surface area contributed by atoms with Crippen molar-refractivity contribution in [3.05, 3.63) is 59.4 Å². The van der Waals surface area contributed by atoms with E-state index in [-0.39, 0.29) is 24.2 Å². The molecule has 1 aromatic heterocycles. The molecule has 1 amide bonds. The van der Waals surface area contributed by atoms with E-state index in [1.807, 2.05) is 30.0 Å². The highest BCUT2D eigenvalue weighted by Crippen LogP contribution is 2.30. The predicted octanol–water partition coefficient (Wildman–Crippen LogP) is 2.58. The molecule has 3 rings (SSSR count). The number of carbonyl (C=O) groups is 1. The van der Waals surface area contributed by atoms with Crippen molar-refractivity contribution in [3.8, 4) is 0 Å². The zero-order chi connectivity index (χ0) is 17.8. The van der Waals surface area contributed by atoms with E-state index in [9.17, 15) is 9.18 Å². The minimum atomic E-state index is -0.317. The van der Waals surface area contributed by atoms with Gasteiger partial charge in [0, 0.05) is 19.3 Å². The highest BCUT2D eigenvalue weighted by molar-refractivity contribution is 5.79. The Balaban J connectivity index is 1.75. The summed E-state index contributed by atoms with van der Waals surface area (Å²) < 4.78 is 13.3. The van der Waals surface area contributed by atoms with Gasteiger partial charge in [0.2, 0.25) is 5.91 Å². The number of hydrogen-bond acceptors (Lipinski definition) is 4. The van der Waals surface area contributed by atoms with Crippen LogP contribution >= 0.6 is 0 Å². The second-order valence-electron chi connectivity index (χ2n) is 6.70. The van der Waals surface area contributed by atoms with Gasteiger partial charge in [-0.1, -0.05) is 12.1 Å². The lowest BCUT2D eigenvalue weighted by molar-refractivity contribution is -0.131. The van der Waals surface area contributed by atoms with Crippen LogP contribution < -0.4 is 0 Å². The van der Waals surface area contributed by atoms with Crippen LogP contribution in [0.3, 0.4) is 0 Å². The van der Waals surface area contributed by atoms with Crippen molar-refractivity contribution in [2.75, 3.05) is 20.6 Å². The number of halogens is 1. The average Bonchev–Trinajstić information content (AvgIpc) is 3.04. The van der Waals surface area contributed by atoms with Crippen molar-refractivity contribution in [3.63, 3.8) is 0 Å². The second kappa shape index (κ2) is 7.70. The predicted molar refractivity (Wildman–Crippen MR) is 93.2 cm³/mol. The van der Waals surface area contributed by atoms with Gasteiger partial charge in [-0.3, -0.25) is 4.79 Å². The van der Waals surface area contributed by atoms with Crippen LogP contribution in [0.2, 0.25) is 0 Å². The number of aromatic nitrogens is 2. The second-order valence-corrected chi connectivity index (χ2v) is 6.70. The fourth-order valence-corrected chi connectivity index (χ4v) is 3.24. The molecule has 5 nitrogen and oxygen atoms in total. The average molecular weight is 342 g/mol. The molecular formula is C19H23FN4O. The molecule has 6 heteroatoms. The van der Waals surface area contributed by atoms with Crippen molar-refractivity contribution in [2.24, 2.45) is 0 Å². The Morgan fingerprint density at radius 2 is 2.20 bits per heavy atom. The standard InChI is InChI=1S/C19H23FN4O/c1-23(2)13-16-8-9-21-19(22-16)17-7-4-10-24(17)18(25)12-14-5-3-6-15(20)11-14/h3,5-6,8-9,11,17H,4,7,10,12-13H2,1-2H3. The number of likely N-dealkylation sites (tertiary alicyclic amines) is 1. The minimum Gasteiger partial charge on any atom is -0.332 e. The first kappa shape index (κ1) is 17.5. The maximum absolute atomic E-state index is 13.3. The molecule has 1 atom stereocenters. The van der Waals surface area contributed by atoms with E-state index in [0.717, 1.165) is 25.1 Å². The van der Waals surface area contributed by atoms with Gasteiger partial charge in [-0.2, -0.15) is 0 Å². The molecule has 0 spiro atoms. The summed E-state index contributed by atoms with van der Waals surface area (Å²) in [5.74, 6) is 0.377. The van der Waals surface area contributed by atoms with Crippen LogP contribution in [0, 0.1) is 5.82 Å². The summed E-state index contributed by atoms with van der Waals surface area (Å²) in [6, 6.07) is 8.02. The zero-order valence-electron chi connectivity index (χ0n) is 14.7. The molecule has 1 aliphatic heterocycles. The number of hydrogen-bond donors (Lipinski definition) is 0. The first-order chi connectivity index (χ1) is 12.0. The third-order valence-corrected chi connectivity index (χ3v) is 4.33. The molecular weight excluding hydrogens is 319 g/mol. The van der Waals surface area contributed by atoms with Gasteiger partial charge in [0.25, 0.3) is 0 Å². The molecule has 1 fully saturated rings. The SMILES string of the molecule is CN(C)Cc1ccnc(C2CCCN2C(=O)Cc2cccc(F)c2)n1. The molecule has 2 aromatic rings. The fraction of sp³-hybridized carbons (Fsp3) is 0.421. The molecule has 1 saturated heterocycles. The third kappa shape index (κ3) is 4.39. The number of benzene rings is 1. The van der Waals surface area contributed by atoms with Gasteiger partial charge in [0.05, 0.1) is 18.2 Å². The van der Waals surface area contributed by atoms with E-state index in [0.29, 0.717) is 17.9 Å². The van der Waals surface area contributed by atoms with Crippen molar-refractivity contribution in [1.29, 1.82) is 0 Å². The van der Waals surface area contributed by atoms with Crippen molar-refractivity contribution < 1.29 is 9.18 Å². The van der Waals surface area contributed by atoms with Crippen molar-refractivity contribution >= 4 is 5.91 Å². The molecule has 0 bridgehead atoms. The molecule has 1 aliphatic rings. The molecule has 0 N–H and O–H groups in total. The van der Waals surface area contributed by atoms with E-state index in [1.165, 1.54) is 12.1 Å². The molecule has 2 heterocycles. The molecule has 0 radical (unpaired) electrons. The first-order valence-electron chi connectivity index (χ1n) is 8.53. The summed E-state index contributed by atoms with van der Waals surface area (Å²) in [7, 11) is 3.98. The lowest BCUT2D eigenvalue weighted by Gasteiger charge is -2.24. The Hall–Kier alpha value is -2.34. The highest BCUT2D eigenvalue weighted by Gasteiger charge is 2.31. The summed E-state index contributed by atoms with van der Waals surface area (Å²) in [5.41, 5.74) is 1.64. The van der Waals surface area contributed by atoms with Gasteiger partial charge in [0.1, 0.15) is 5.82 Å². The fourth-order valence-electron chi connectivity index (χ4n) is 3.24. The summed E-state index contributed by atoms with van der Waals surface area (Å²) in [5, 5.41) is 0. The van der Waals surface area contributed by atoms with Crippen LogP contribution in [0.5, 0.6) is 0 Å². The largest absolute Gasteiger partial charge is 0.332 e. The molecule has 0 aliphatic carbocycles. The van der Waals surface area contributed by atoms with E-state index in [2.05, 4.69) is 9.97 Å². The zero-order valence-corrected chi connectivity index (χ0v) is 14.7. The quantitative estimate of drug-likeness (QED) is 0.838. The Kier molecular flexibility index (Phi) is 5.38. The molecule has 0 saturated carbocycles. The van der Waals surface area contributed by atoms with Crippen molar-refractivity contribution in [1.82, 2.24) is 19.8 Å². The van der Waals surface area contributed by atoms with E-state index >= 15 is 0 Å². The van der Waals surface area contributed by atoms with Gasteiger partial charge in [0.15, 0.2) is 5.82 Å². The number of carbonyl (C=O) groups excluding carboxylic acids is 1. The van der Waals surface area contributed by atoms with Gasteiger partial charge in [-0.15, -0.1) is 0 Å². The minimum absolute atomic E-state index is 0.00490. The molecule has 132 valence electrons. The third-order valence-electron chi connectivity index (χ3n) is 4.33. The van der Waals surface area contributed by atoms with Gasteiger partial charge < -0.3 is 9.80 Å². The molecule has 25 heavy (non-hydrogen) atoms. The van der Waals surface area contributed by atoms with E-state index in [1.54, 1.807) is 18.3 Å². The smallest absolute Gasteiger partial charge is 0.227 e. The van der Waals surface area contributed by atoms with E-state index < -0.39 is 0 Å². The van der Waals surface area contributed by atoms with E-state index in [4.69, 9.17) is 0 Å². The Morgan fingerprint density at radius 3 is 2.96 bits per heavy atom. The van der Waals surface area contributed by atoms with Crippen LogP contribution in [-0.2, 0) is 17.8 Å². The number of amides is 1. The number of rotatable bonds is 5. The van der Waals surface area contributed by atoms with Crippen molar-refractivity contribution in [2.45, 2.75) is 31.8 Å². The lowest BCUT2D eigenvalue weighted by atomic mass is 10.1. The first-order valence-corrected chi connectivity index (χ1v) is 8.53. The Bertz CT molecular complexity index is 750. The molecule has 1 aromatic carbocycles. The summed E-state index contributed by atoms with van der Waals surface area (Å²) in [6.07, 6.45) is 3.75. The monoisotopic (exact) mass is 342 g/mol. The normalized spacial score (nSPS) is 17.3. The van der Waals surface area contributed by atoms with Gasteiger partial charge in [-0.05, 0) is 50.7 Å². The lowest BCUT2D eigenvalue weighted by Crippen LogP contribution is -2.33. The maximum atomic E-state index is 13.3. The topological polar surface area (TPSA) is 49.3 Å². The summed E-state index contributed by atoms with van der Waals surface area (Å²) >= 11 is 0. The summed E-state index contributed by atoms with van der Waals surface area (Å²) in [4.78, 5) is 25.6. The Labute approximate surface area is 147 Å². The maximum Gasteiger partial charge on any atom is 0.227 e. The van der Waals surface area contributed by atoms with Crippen LogP contribution in [0.15, 0.2) is 36.5 Å². The number of nitrogens with zero attached hydrogens (tertiary/aromatic N) is 4. The molecule has 1 unspecified atom stereocenters. The highest BCUT2D eigenvalue weighted by atomic mass is 19.1. The Morgan fingerprint density at radius 1 is 1.36 bits per heavy atom. The van der Waals surface area contributed by atoms with Gasteiger partial charge in [-0.25, -0.2) is 14.4 Å². The summed E-state index contributed by atoms with van der Waals surface area (Å²) in [6.45, 7) is 1.43. The van der Waals surface area contributed by atoms with Crippen LogP contribution in [0.1, 0.15) is 36.0 Å². The van der Waals surface area contributed by atoms with Crippen LogP contribution in [0.25, 0.3) is 0 Å². The van der Waals surface area contributed by atoms with Gasteiger partial charge >= 0.3 is 0 Å². The van der Waals surface area contributed by atoms with Crippen LogP contribution in [-0.4, -0.2) is 46.3 Å².